The van der Waals surface area contributed by atoms with Crippen LogP contribution in [-0.4, -0.2) is 68.5 Å². The van der Waals surface area contributed by atoms with Crippen LogP contribution in [0.2, 0.25) is 0 Å². The quantitative estimate of drug-likeness (QED) is 0.0276. The Labute approximate surface area is 341 Å². The van der Waals surface area contributed by atoms with Crippen molar-refractivity contribution in [1.82, 2.24) is 5.32 Å². The highest BCUT2D eigenvalue weighted by molar-refractivity contribution is 7.45. The van der Waals surface area contributed by atoms with Crippen molar-refractivity contribution < 1.29 is 32.9 Å². The number of quaternary nitrogens is 1. The predicted octanol–water partition coefficient (Wildman–Crippen LogP) is 12.3. The first-order valence-corrected chi connectivity index (χ1v) is 24.7. The van der Waals surface area contributed by atoms with Crippen LogP contribution >= 0.6 is 7.82 Å². The van der Waals surface area contributed by atoms with Gasteiger partial charge in [0.25, 0.3) is 7.82 Å². The van der Waals surface area contributed by atoms with E-state index in [2.05, 4.69) is 31.3 Å². The van der Waals surface area contributed by atoms with Gasteiger partial charge in [-0.3, -0.25) is 9.36 Å². The van der Waals surface area contributed by atoms with E-state index < -0.39 is 20.0 Å². The molecule has 0 rings (SSSR count). The Hall–Kier alpha value is -1.02. The molecule has 0 aromatic rings. The summed E-state index contributed by atoms with van der Waals surface area (Å²) in [5.41, 5.74) is 0. The number of hydrogen-bond donors (Lipinski definition) is 2. The summed E-state index contributed by atoms with van der Waals surface area (Å²) in [6.45, 7) is 4.64. The maximum atomic E-state index is 12.9. The first-order valence-electron chi connectivity index (χ1n) is 23.2. The van der Waals surface area contributed by atoms with Crippen molar-refractivity contribution in [2.24, 2.45) is 0 Å². The SMILES string of the molecule is CCCCCC/C=C\CCCCCCCCCC(=O)NC(COP(=O)([O-])OCC[N+](C)(C)C)C(O)/C=C/CCCCCCCCCCCCCCCCCC. The molecule has 3 unspecified atom stereocenters. The van der Waals surface area contributed by atoms with Crippen LogP contribution < -0.4 is 10.2 Å². The number of nitrogens with one attached hydrogen (secondary N) is 1. The Bertz CT molecular complexity index is 953. The molecule has 1 amide bonds. The number of unbranched alkanes of at least 4 members (excludes halogenated alkanes) is 27. The Morgan fingerprint density at radius 1 is 0.618 bits per heavy atom. The number of phosphoric acid groups is 1. The Balaban J connectivity index is 4.39. The lowest BCUT2D eigenvalue weighted by atomic mass is 10.0. The average molecular weight is 799 g/mol. The Morgan fingerprint density at radius 2 is 1.00 bits per heavy atom. The van der Waals surface area contributed by atoms with E-state index in [-0.39, 0.29) is 19.1 Å². The van der Waals surface area contributed by atoms with Gasteiger partial charge in [-0.2, -0.15) is 0 Å². The molecule has 0 heterocycles. The summed E-state index contributed by atoms with van der Waals surface area (Å²) >= 11 is 0. The van der Waals surface area contributed by atoms with Crippen molar-refractivity contribution in [3.8, 4) is 0 Å². The number of nitrogens with zero attached hydrogens (tertiary/aromatic N) is 1. The normalized spacial score (nSPS) is 14.5. The van der Waals surface area contributed by atoms with Gasteiger partial charge in [-0.15, -0.1) is 0 Å². The largest absolute Gasteiger partial charge is 0.756 e. The molecule has 326 valence electrons. The molecule has 0 radical (unpaired) electrons. The number of likely N-dealkylation sites (N-methyl/N-ethyl adjacent to an activating group) is 1. The van der Waals surface area contributed by atoms with Crippen LogP contribution in [0.1, 0.15) is 213 Å². The molecule has 0 aromatic heterocycles. The van der Waals surface area contributed by atoms with E-state index in [4.69, 9.17) is 9.05 Å². The molecule has 0 saturated carbocycles. The molecule has 0 aliphatic rings. The third-order valence-electron chi connectivity index (χ3n) is 10.4. The van der Waals surface area contributed by atoms with Gasteiger partial charge in [-0.1, -0.05) is 186 Å². The van der Waals surface area contributed by atoms with Crippen LogP contribution in [0, 0.1) is 0 Å². The van der Waals surface area contributed by atoms with Gasteiger partial charge >= 0.3 is 0 Å². The van der Waals surface area contributed by atoms with Gasteiger partial charge in [0.05, 0.1) is 39.9 Å². The minimum Gasteiger partial charge on any atom is -0.756 e. The predicted molar refractivity (Wildman–Crippen MR) is 233 cm³/mol. The summed E-state index contributed by atoms with van der Waals surface area (Å²) < 4.78 is 23.2. The van der Waals surface area contributed by atoms with Gasteiger partial charge in [0.2, 0.25) is 5.91 Å². The lowest BCUT2D eigenvalue weighted by Crippen LogP contribution is -2.45. The molecule has 0 spiro atoms. The van der Waals surface area contributed by atoms with Crippen molar-refractivity contribution in [3.05, 3.63) is 24.3 Å². The summed E-state index contributed by atoms with van der Waals surface area (Å²) in [5, 5.41) is 13.8. The molecule has 0 bridgehead atoms. The standard InChI is InChI=1S/C46H91N2O6P/c1-6-8-10-12-14-16-18-20-22-23-24-26-27-29-31-33-35-37-39-45(49)44(43-54-55(51,52)53-42-41-48(3,4)5)47-46(50)40-38-36-34-32-30-28-25-21-19-17-15-13-11-9-7-2/h17,19,37,39,44-45,49H,6-16,18,20-36,38,40-43H2,1-5H3,(H-,47,50,51,52)/b19-17-,39-37+. The lowest BCUT2D eigenvalue weighted by molar-refractivity contribution is -0.870. The van der Waals surface area contributed by atoms with Gasteiger partial charge in [0.15, 0.2) is 0 Å². The van der Waals surface area contributed by atoms with E-state index in [1.54, 1.807) is 6.08 Å². The number of rotatable bonds is 42. The molecular formula is C46H91N2O6P. The van der Waals surface area contributed by atoms with Crippen LogP contribution in [0.5, 0.6) is 0 Å². The number of phosphoric ester groups is 1. The lowest BCUT2D eigenvalue weighted by Gasteiger charge is -2.29. The average Bonchev–Trinajstić information content (AvgIpc) is 3.13. The number of allylic oxidation sites excluding steroid dienone is 3. The van der Waals surface area contributed by atoms with E-state index in [1.165, 1.54) is 154 Å². The maximum Gasteiger partial charge on any atom is 0.268 e. The van der Waals surface area contributed by atoms with Crippen molar-refractivity contribution in [2.45, 2.75) is 225 Å². The summed E-state index contributed by atoms with van der Waals surface area (Å²) in [4.78, 5) is 25.3. The summed E-state index contributed by atoms with van der Waals surface area (Å²) in [5.74, 6) is -0.202. The molecule has 0 fully saturated rings. The second-order valence-electron chi connectivity index (χ2n) is 17.1. The molecule has 9 heteroatoms. The smallest absolute Gasteiger partial charge is 0.268 e. The second-order valence-corrected chi connectivity index (χ2v) is 18.5. The Morgan fingerprint density at radius 3 is 1.44 bits per heavy atom. The Kier molecular flexibility index (Phi) is 37.8. The van der Waals surface area contributed by atoms with Crippen molar-refractivity contribution >= 4 is 13.7 Å². The highest BCUT2D eigenvalue weighted by Gasteiger charge is 2.23. The van der Waals surface area contributed by atoms with Crippen LogP contribution in [0.25, 0.3) is 0 Å². The van der Waals surface area contributed by atoms with Crippen molar-refractivity contribution in [3.63, 3.8) is 0 Å². The summed E-state index contributed by atoms with van der Waals surface area (Å²) in [7, 11) is 1.26. The van der Waals surface area contributed by atoms with Gasteiger partial charge in [-0.05, 0) is 44.9 Å². The van der Waals surface area contributed by atoms with Crippen LogP contribution in [0.15, 0.2) is 24.3 Å². The molecule has 3 atom stereocenters. The number of hydrogen-bond acceptors (Lipinski definition) is 6. The van der Waals surface area contributed by atoms with Gasteiger partial charge in [0, 0.05) is 6.42 Å². The zero-order valence-electron chi connectivity index (χ0n) is 36.9. The zero-order chi connectivity index (χ0) is 40.7. The van der Waals surface area contributed by atoms with Crippen LogP contribution in [0.4, 0.5) is 0 Å². The topological polar surface area (TPSA) is 108 Å². The van der Waals surface area contributed by atoms with Gasteiger partial charge in [0.1, 0.15) is 13.2 Å². The second kappa shape index (κ2) is 38.5. The van der Waals surface area contributed by atoms with Crippen LogP contribution in [0.3, 0.4) is 0 Å². The third kappa shape index (κ3) is 41.0. The third-order valence-corrected chi connectivity index (χ3v) is 11.4. The fourth-order valence-corrected chi connectivity index (χ4v) is 7.40. The van der Waals surface area contributed by atoms with E-state index in [1.807, 2.05) is 27.2 Å². The van der Waals surface area contributed by atoms with E-state index in [0.717, 1.165) is 38.5 Å². The number of carbonyl (C=O) groups excluding carboxylic acids is 1. The highest BCUT2D eigenvalue weighted by atomic mass is 31.2. The minimum atomic E-state index is -4.59. The maximum absolute atomic E-state index is 12.9. The number of carbonyl (C=O) groups is 1. The minimum absolute atomic E-state index is 0.000684. The molecule has 8 nitrogen and oxygen atoms in total. The number of amides is 1. The van der Waals surface area contributed by atoms with Crippen LogP contribution in [-0.2, 0) is 18.4 Å². The first-order chi connectivity index (χ1) is 26.5. The first kappa shape index (κ1) is 54.0. The van der Waals surface area contributed by atoms with Gasteiger partial charge in [-0.25, -0.2) is 0 Å². The molecule has 55 heavy (non-hydrogen) atoms. The molecule has 2 N–H and O–H groups in total. The molecule has 0 aromatic carbocycles. The van der Waals surface area contributed by atoms with Crippen molar-refractivity contribution in [2.75, 3.05) is 40.9 Å². The molecule has 0 saturated heterocycles. The van der Waals surface area contributed by atoms with E-state index in [0.29, 0.717) is 17.4 Å². The molecule has 0 aliphatic carbocycles. The summed E-state index contributed by atoms with van der Waals surface area (Å²) in [6, 6.07) is -0.885. The molecule has 0 aliphatic heterocycles. The fourth-order valence-electron chi connectivity index (χ4n) is 6.68. The number of aliphatic hydroxyl groups excluding tert-OH is 1. The summed E-state index contributed by atoms with van der Waals surface area (Å²) in [6.07, 6.45) is 45.0. The number of aliphatic hydroxyl groups is 1. The molecular weight excluding hydrogens is 707 g/mol. The highest BCUT2D eigenvalue weighted by Crippen LogP contribution is 2.38. The zero-order valence-corrected chi connectivity index (χ0v) is 37.8. The van der Waals surface area contributed by atoms with E-state index in [9.17, 15) is 19.4 Å². The monoisotopic (exact) mass is 799 g/mol. The van der Waals surface area contributed by atoms with Crippen molar-refractivity contribution in [1.29, 1.82) is 0 Å². The van der Waals surface area contributed by atoms with Gasteiger partial charge < -0.3 is 28.8 Å². The fraction of sp³-hybridized carbons (Fsp3) is 0.891. The van der Waals surface area contributed by atoms with E-state index >= 15 is 0 Å².